The number of hydrogen-bond acceptors (Lipinski definition) is 3. The van der Waals surface area contributed by atoms with Crippen LogP contribution >= 0.6 is 11.3 Å². The molecule has 2 N–H and O–H groups in total. The van der Waals surface area contributed by atoms with Crippen LogP contribution in [-0.4, -0.2) is 6.61 Å². The Kier molecular flexibility index (Phi) is 3.56. The van der Waals surface area contributed by atoms with E-state index < -0.39 is 0 Å². The zero-order chi connectivity index (χ0) is 8.10. The predicted octanol–water partition coefficient (Wildman–Crippen LogP) is 1.74. The van der Waals surface area contributed by atoms with Crippen molar-refractivity contribution in [2.45, 2.75) is 20.1 Å². The smallest absolute Gasteiger partial charge is 0.0809 e. The summed E-state index contributed by atoms with van der Waals surface area (Å²) in [6.07, 6.45) is 0. The minimum atomic E-state index is 0.636. The Hall–Kier alpha value is -0.380. The second kappa shape index (κ2) is 4.49. The Balaban J connectivity index is 2.44. The average Bonchev–Trinajstić information content (AvgIpc) is 2.48. The first-order valence-electron chi connectivity index (χ1n) is 3.72. The van der Waals surface area contributed by atoms with E-state index in [4.69, 9.17) is 10.5 Å². The van der Waals surface area contributed by atoms with Crippen molar-refractivity contribution < 1.29 is 4.74 Å². The topological polar surface area (TPSA) is 35.2 Å². The number of rotatable bonds is 4. The largest absolute Gasteiger partial charge is 0.376 e. The van der Waals surface area contributed by atoms with E-state index in [0.29, 0.717) is 6.54 Å². The summed E-state index contributed by atoms with van der Waals surface area (Å²) in [6, 6.07) is 4.13. The van der Waals surface area contributed by atoms with Gasteiger partial charge >= 0.3 is 0 Å². The highest BCUT2D eigenvalue weighted by molar-refractivity contribution is 7.11. The van der Waals surface area contributed by atoms with E-state index in [1.807, 2.05) is 6.92 Å². The van der Waals surface area contributed by atoms with Crippen LogP contribution < -0.4 is 5.73 Å². The molecule has 0 aliphatic heterocycles. The third kappa shape index (κ3) is 2.61. The summed E-state index contributed by atoms with van der Waals surface area (Å²) in [5.41, 5.74) is 5.46. The highest BCUT2D eigenvalue weighted by Crippen LogP contribution is 2.16. The number of hydrogen-bond donors (Lipinski definition) is 1. The first kappa shape index (κ1) is 8.71. The van der Waals surface area contributed by atoms with Crippen molar-refractivity contribution in [1.82, 2.24) is 0 Å². The fourth-order valence-electron chi connectivity index (χ4n) is 0.812. The molecule has 11 heavy (non-hydrogen) atoms. The Morgan fingerprint density at radius 1 is 1.45 bits per heavy atom. The van der Waals surface area contributed by atoms with Crippen molar-refractivity contribution in [3.63, 3.8) is 0 Å². The van der Waals surface area contributed by atoms with E-state index in [-0.39, 0.29) is 0 Å². The SMILES string of the molecule is CCOCc1ccc(CN)s1. The van der Waals surface area contributed by atoms with Crippen LogP contribution in [0.2, 0.25) is 0 Å². The second-order valence-corrected chi connectivity index (χ2v) is 3.46. The summed E-state index contributed by atoms with van der Waals surface area (Å²) in [4.78, 5) is 2.48. The van der Waals surface area contributed by atoms with Gasteiger partial charge in [-0.2, -0.15) is 0 Å². The molecule has 0 amide bonds. The molecule has 1 heterocycles. The van der Waals surface area contributed by atoms with Crippen LogP contribution in [0.15, 0.2) is 12.1 Å². The van der Waals surface area contributed by atoms with Crippen molar-refractivity contribution >= 4 is 11.3 Å². The number of nitrogens with two attached hydrogens (primary N) is 1. The Labute approximate surface area is 71.0 Å². The van der Waals surface area contributed by atoms with Crippen LogP contribution in [0.5, 0.6) is 0 Å². The van der Waals surface area contributed by atoms with Crippen molar-refractivity contribution in [3.05, 3.63) is 21.9 Å². The van der Waals surface area contributed by atoms with Crippen molar-refractivity contribution in [1.29, 1.82) is 0 Å². The summed E-state index contributed by atoms with van der Waals surface area (Å²) in [7, 11) is 0. The fraction of sp³-hybridized carbons (Fsp3) is 0.500. The monoisotopic (exact) mass is 171 g/mol. The van der Waals surface area contributed by atoms with Crippen LogP contribution in [0.3, 0.4) is 0 Å². The lowest BCUT2D eigenvalue weighted by Gasteiger charge is -1.95. The van der Waals surface area contributed by atoms with Gasteiger partial charge in [0.2, 0.25) is 0 Å². The van der Waals surface area contributed by atoms with Gasteiger partial charge < -0.3 is 10.5 Å². The van der Waals surface area contributed by atoms with E-state index in [1.54, 1.807) is 11.3 Å². The van der Waals surface area contributed by atoms with Crippen molar-refractivity contribution in [2.75, 3.05) is 6.61 Å². The van der Waals surface area contributed by atoms with Crippen LogP contribution in [0.25, 0.3) is 0 Å². The summed E-state index contributed by atoms with van der Waals surface area (Å²) < 4.78 is 5.25. The highest BCUT2D eigenvalue weighted by atomic mass is 32.1. The summed E-state index contributed by atoms with van der Waals surface area (Å²) >= 11 is 1.72. The van der Waals surface area contributed by atoms with Gasteiger partial charge in [0, 0.05) is 22.9 Å². The van der Waals surface area contributed by atoms with Gasteiger partial charge in [0.05, 0.1) is 6.61 Å². The molecule has 0 saturated heterocycles. The molecule has 0 saturated carbocycles. The quantitative estimate of drug-likeness (QED) is 0.749. The molecule has 0 radical (unpaired) electrons. The first-order valence-corrected chi connectivity index (χ1v) is 4.54. The van der Waals surface area contributed by atoms with Gasteiger partial charge in [0.1, 0.15) is 0 Å². The minimum Gasteiger partial charge on any atom is -0.376 e. The van der Waals surface area contributed by atoms with Crippen LogP contribution in [0, 0.1) is 0 Å². The highest BCUT2D eigenvalue weighted by Gasteiger charge is 1.96. The van der Waals surface area contributed by atoms with E-state index in [9.17, 15) is 0 Å². The molecule has 0 unspecified atom stereocenters. The zero-order valence-corrected chi connectivity index (χ0v) is 7.49. The van der Waals surface area contributed by atoms with Gasteiger partial charge in [0.25, 0.3) is 0 Å². The molecule has 1 aromatic rings. The fourth-order valence-corrected chi connectivity index (χ4v) is 1.65. The summed E-state index contributed by atoms with van der Waals surface area (Å²) in [5, 5.41) is 0. The third-order valence-corrected chi connectivity index (χ3v) is 2.45. The molecule has 1 aromatic heterocycles. The van der Waals surface area contributed by atoms with E-state index in [1.165, 1.54) is 9.75 Å². The molecule has 0 aliphatic carbocycles. The summed E-state index contributed by atoms with van der Waals surface area (Å²) in [5.74, 6) is 0. The maximum absolute atomic E-state index is 5.46. The molecule has 0 atom stereocenters. The van der Waals surface area contributed by atoms with Crippen LogP contribution in [-0.2, 0) is 17.9 Å². The zero-order valence-electron chi connectivity index (χ0n) is 6.67. The molecule has 0 aliphatic rings. The van der Waals surface area contributed by atoms with Gasteiger partial charge in [-0.15, -0.1) is 11.3 Å². The standard InChI is InChI=1S/C8H13NOS/c1-2-10-6-8-4-3-7(5-9)11-8/h3-4H,2,5-6,9H2,1H3. The molecule has 3 heteroatoms. The van der Waals surface area contributed by atoms with Crippen LogP contribution in [0.4, 0.5) is 0 Å². The first-order chi connectivity index (χ1) is 5.36. The third-order valence-electron chi connectivity index (χ3n) is 1.37. The average molecular weight is 171 g/mol. The molecule has 2 nitrogen and oxygen atoms in total. The molecule has 0 aromatic carbocycles. The van der Waals surface area contributed by atoms with Gasteiger partial charge in [-0.25, -0.2) is 0 Å². The predicted molar refractivity (Wildman–Crippen MR) is 47.5 cm³/mol. The van der Waals surface area contributed by atoms with Crippen molar-refractivity contribution in [3.8, 4) is 0 Å². The molecule has 0 fully saturated rings. The number of thiophene rings is 1. The Bertz CT molecular complexity index is 210. The molecule has 0 spiro atoms. The van der Waals surface area contributed by atoms with E-state index >= 15 is 0 Å². The Morgan fingerprint density at radius 2 is 2.18 bits per heavy atom. The number of ether oxygens (including phenoxy) is 1. The maximum Gasteiger partial charge on any atom is 0.0809 e. The Morgan fingerprint density at radius 3 is 2.73 bits per heavy atom. The molecule has 62 valence electrons. The van der Waals surface area contributed by atoms with Gasteiger partial charge in [-0.3, -0.25) is 0 Å². The maximum atomic E-state index is 5.46. The lowest BCUT2D eigenvalue weighted by atomic mass is 10.4. The molecular formula is C8H13NOS. The van der Waals surface area contributed by atoms with Crippen molar-refractivity contribution in [2.24, 2.45) is 5.73 Å². The van der Waals surface area contributed by atoms with Crippen LogP contribution in [0.1, 0.15) is 16.7 Å². The van der Waals surface area contributed by atoms with Gasteiger partial charge in [0.15, 0.2) is 0 Å². The lowest BCUT2D eigenvalue weighted by molar-refractivity contribution is 0.136. The summed E-state index contributed by atoms with van der Waals surface area (Å²) in [6.45, 7) is 4.13. The second-order valence-electron chi connectivity index (χ2n) is 2.21. The minimum absolute atomic E-state index is 0.636. The molecule has 0 bridgehead atoms. The normalized spacial score (nSPS) is 10.4. The van der Waals surface area contributed by atoms with E-state index in [0.717, 1.165) is 13.2 Å². The van der Waals surface area contributed by atoms with E-state index in [2.05, 4.69) is 12.1 Å². The lowest BCUT2D eigenvalue weighted by Crippen LogP contribution is -1.91. The van der Waals surface area contributed by atoms with Gasteiger partial charge in [-0.1, -0.05) is 0 Å². The van der Waals surface area contributed by atoms with Gasteiger partial charge in [-0.05, 0) is 19.1 Å². The molecule has 1 rings (SSSR count). The molecular weight excluding hydrogens is 158 g/mol.